The summed E-state index contributed by atoms with van der Waals surface area (Å²) in [5, 5.41) is 3.19. The van der Waals surface area contributed by atoms with E-state index in [4.69, 9.17) is 37.4 Å². The molecule has 1 aliphatic rings. The van der Waals surface area contributed by atoms with Crippen molar-refractivity contribution in [1.82, 2.24) is 5.32 Å². The lowest BCUT2D eigenvalue weighted by Gasteiger charge is -2.26. The van der Waals surface area contributed by atoms with Gasteiger partial charge in [-0.25, -0.2) is 9.69 Å². The van der Waals surface area contributed by atoms with Crippen molar-refractivity contribution in [2.24, 2.45) is 0 Å². The number of carbonyl (C=O) groups excluding carboxylic acids is 3. The molecule has 36 heavy (non-hydrogen) atoms. The van der Waals surface area contributed by atoms with Gasteiger partial charge in [0.2, 0.25) is 0 Å². The van der Waals surface area contributed by atoms with Crippen LogP contribution in [0.5, 0.6) is 17.2 Å². The highest BCUT2D eigenvalue weighted by Crippen LogP contribution is 2.32. The van der Waals surface area contributed by atoms with Gasteiger partial charge in [-0.3, -0.25) is 14.9 Å². The van der Waals surface area contributed by atoms with E-state index in [1.807, 2.05) is 0 Å². The van der Waals surface area contributed by atoms with Crippen molar-refractivity contribution in [2.45, 2.75) is 6.61 Å². The third kappa shape index (κ3) is 5.30. The molecule has 8 nitrogen and oxygen atoms in total. The number of amides is 4. The minimum atomic E-state index is -0.838. The van der Waals surface area contributed by atoms with Gasteiger partial charge in [-0.15, -0.1) is 0 Å². The average molecular weight is 527 g/mol. The van der Waals surface area contributed by atoms with E-state index < -0.39 is 17.8 Å². The van der Waals surface area contributed by atoms with Gasteiger partial charge in [0, 0.05) is 15.6 Å². The van der Waals surface area contributed by atoms with Gasteiger partial charge in [0.05, 0.1) is 19.9 Å². The molecule has 4 amide bonds. The lowest BCUT2D eigenvalue weighted by Crippen LogP contribution is -2.54. The van der Waals surface area contributed by atoms with E-state index in [0.29, 0.717) is 38.5 Å². The van der Waals surface area contributed by atoms with Gasteiger partial charge in [0.15, 0.2) is 11.5 Å². The fraction of sp³-hybridized carbons (Fsp3) is 0.115. The van der Waals surface area contributed by atoms with E-state index in [-0.39, 0.29) is 12.2 Å². The zero-order chi connectivity index (χ0) is 25.8. The molecule has 1 N–H and O–H groups in total. The highest BCUT2D eigenvalue weighted by atomic mass is 35.5. The van der Waals surface area contributed by atoms with Crippen LogP contribution < -0.4 is 24.4 Å². The standard InChI is InChI=1S/C26H20Cl2N2O6/c1-34-19-8-6-18(7-9-19)30-25(32)20(24(31)29-26(30)33)11-15-3-10-22(23(12-15)35-2)36-14-16-4-5-17(27)13-21(16)28/h3-13H,14H2,1-2H3,(H,29,31,33)/b20-11+. The van der Waals surface area contributed by atoms with Crippen molar-refractivity contribution < 1.29 is 28.6 Å². The number of hydrogen-bond acceptors (Lipinski definition) is 6. The Morgan fingerprint density at radius 3 is 2.31 bits per heavy atom. The number of imide groups is 2. The molecular weight excluding hydrogens is 507 g/mol. The lowest BCUT2D eigenvalue weighted by atomic mass is 10.1. The Bertz CT molecular complexity index is 1370. The predicted octanol–water partition coefficient (Wildman–Crippen LogP) is 5.26. The van der Waals surface area contributed by atoms with Gasteiger partial charge in [-0.2, -0.15) is 0 Å². The number of anilines is 1. The number of nitrogens with one attached hydrogen (secondary N) is 1. The molecule has 10 heteroatoms. The maximum atomic E-state index is 13.1. The molecule has 0 aliphatic carbocycles. The van der Waals surface area contributed by atoms with Crippen LogP contribution in [-0.4, -0.2) is 32.1 Å². The molecule has 0 radical (unpaired) electrons. The van der Waals surface area contributed by atoms with E-state index in [1.54, 1.807) is 60.7 Å². The van der Waals surface area contributed by atoms with Crippen molar-refractivity contribution >= 4 is 52.8 Å². The molecule has 3 aromatic carbocycles. The number of carbonyl (C=O) groups is 3. The number of ether oxygens (including phenoxy) is 3. The van der Waals surface area contributed by atoms with Gasteiger partial charge in [0.25, 0.3) is 11.8 Å². The third-order valence-corrected chi connectivity index (χ3v) is 5.92. The zero-order valence-electron chi connectivity index (χ0n) is 19.2. The van der Waals surface area contributed by atoms with E-state index in [2.05, 4.69) is 5.32 Å². The quantitative estimate of drug-likeness (QED) is 0.333. The van der Waals surface area contributed by atoms with Crippen LogP contribution in [0.15, 0.2) is 66.2 Å². The third-order valence-electron chi connectivity index (χ3n) is 5.33. The Hall–Kier alpha value is -4.01. The Kier molecular flexibility index (Phi) is 7.47. The van der Waals surface area contributed by atoms with Crippen LogP contribution in [0.2, 0.25) is 10.0 Å². The second-order valence-corrected chi connectivity index (χ2v) is 8.43. The van der Waals surface area contributed by atoms with Crippen LogP contribution in [0.4, 0.5) is 10.5 Å². The van der Waals surface area contributed by atoms with Crippen LogP contribution >= 0.6 is 23.2 Å². The summed E-state index contributed by atoms with van der Waals surface area (Å²) in [5.41, 5.74) is 1.31. The normalized spacial score (nSPS) is 14.6. The summed E-state index contributed by atoms with van der Waals surface area (Å²) in [4.78, 5) is 38.9. The van der Waals surface area contributed by atoms with E-state index in [0.717, 1.165) is 10.5 Å². The van der Waals surface area contributed by atoms with Crippen LogP contribution in [0.25, 0.3) is 6.08 Å². The lowest BCUT2D eigenvalue weighted by molar-refractivity contribution is -0.122. The molecule has 1 saturated heterocycles. The number of hydrogen-bond donors (Lipinski definition) is 1. The Morgan fingerprint density at radius 1 is 0.889 bits per heavy atom. The number of methoxy groups -OCH3 is 2. The van der Waals surface area contributed by atoms with E-state index in [1.165, 1.54) is 20.3 Å². The van der Waals surface area contributed by atoms with E-state index >= 15 is 0 Å². The molecular formula is C26H20Cl2N2O6. The van der Waals surface area contributed by atoms with Gasteiger partial charge in [-0.05, 0) is 60.2 Å². The van der Waals surface area contributed by atoms with Crippen LogP contribution in [0.3, 0.4) is 0 Å². The average Bonchev–Trinajstić information content (AvgIpc) is 2.86. The summed E-state index contributed by atoms with van der Waals surface area (Å²) in [5.74, 6) is -0.193. The summed E-state index contributed by atoms with van der Waals surface area (Å²) >= 11 is 12.1. The number of nitrogens with zero attached hydrogens (tertiary/aromatic N) is 1. The fourth-order valence-electron chi connectivity index (χ4n) is 3.48. The van der Waals surface area contributed by atoms with Crippen molar-refractivity contribution in [3.05, 3.63) is 87.4 Å². The van der Waals surface area contributed by atoms with Crippen molar-refractivity contribution in [2.75, 3.05) is 19.1 Å². The van der Waals surface area contributed by atoms with Gasteiger partial charge in [0.1, 0.15) is 17.9 Å². The Morgan fingerprint density at radius 2 is 1.64 bits per heavy atom. The van der Waals surface area contributed by atoms with Crippen molar-refractivity contribution in [1.29, 1.82) is 0 Å². The monoisotopic (exact) mass is 526 g/mol. The minimum Gasteiger partial charge on any atom is -0.497 e. The first-order valence-corrected chi connectivity index (χ1v) is 11.4. The predicted molar refractivity (Wildman–Crippen MR) is 136 cm³/mol. The molecule has 1 aliphatic heterocycles. The zero-order valence-corrected chi connectivity index (χ0v) is 20.7. The molecule has 0 spiro atoms. The van der Waals surface area contributed by atoms with Crippen LogP contribution in [0, 0.1) is 0 Å². The second kappa shape index (κ2) is 10.7. The molecule has 1 heterocycles. The smallest absolute Gasteiger partial charge is 0.335 e. The maximum Gasteiger partial charge on any atom is 0.335 e. The topological polar surface area (TPSA) is 94.2 Å². The number of rotatable bonds is 7. The molecule has 3 aromatic rings. The summed E-state index contributed by atoms with van der Waals surface area (Å²) in [6.07, 6.45) is 1.38. The summed E-state index contributed by atoms with van der Waals surface area (Å²) in [6, 6.07) is 15.5. The molecule has 4 rings (SSSR count). The molecule has 0 saturated carbocycles. The molecule has 184 valence electrons. The number of urea groups is 1. The number of benzene rings is 3. The van der Waals surface area contributed by atoms with Crippen LogP contribution in [-0.2, 0) is 16.2 Å². The van der Waals surface area contributed by atoms with E-state index in [9.17, 15) is 14.4 Å². The molecule has 0 atom stereocenters. The molecule has 0 aromatic heterocycles. The second-order valence-electron chi connectivity index (χ2n) is 7.59. The largest absolute Gasteiger partial charge is 0.497 e. The Labute approximate surface area is 217 Å². The number of barbiturate groups is 1. The molecule has 0 bridgehead atoms. The number of halogens is 2. The summed E-state index contributed by atoms with van der Waals surface area (Å²) < 4.78 is 16.4. The molecule has 1 fully saturated rings. The minimum absolute atomic E-state index is 0.173. The summed E-state index contributed by atoms with van der Waals surface area (Å²) in [6.45, 7) is 0.173. The Balaban J connectivity index is 1.58. The summed E-state index contributed by atoms with van der Waals surface area (Å²) in [7, 11) is 2.97. The van der Waals surface area contributed by atoms with Crippen molar-refractivity contribution in [3.8, 4) is 17.2 Å². The van der Waals surface area contributed by atoms with Gasteiger partial charge < -0.3 is 14.2 Å². The van der Waals surface area contributed by atoms with Crippen molar-refractivity contribution in [3.63, 3.8) is 0 Å². The molecule has 0 unspecified atom stereocenters. The van der Waals surface area contributed by atoms with Crippen LogP contribution in [0.1, 0.15) is 11.1 Å². The first-order chi connectivity index (χ1) is 17.3. The highest BCUT2D eigenvalue weighted by Gasteiger charge is 2.36. The van der Waals surface area contributed by atoms with Gasteiger partial charge in [-0.1, -0.05) is 35.3 Å². The fourth-order valence-corrected chi connectivity index (χ4v) is 3.94. The van der Waals surface area contributed by atoms with Gasteiger partial charge >= 0.3 is 6.03 Å². The SMILES string of the molecule is COc1ccc(N2C(=O)NC(=O)/C(=C\c3ccc(OCc4ccc(Cl)cc4Cl)c(OC)c3)C2=O)cc1. The first kappa shape index (κ1) is 25.1. The maximum absolute atomic E-state index is 13.1. The first-order valence-electron chi connectivity index (χ1n) is 10.6. The highest BCUT2D eigenvalue weighted by molar-refractivity contribution is 6.39.